The van der Waals surface area contributed by atoms with Gasteiger partial charge >= 0.3 is 0 Å². The summed E-state index contributed by atoms with van der Waals surface area (Å²) in [6.45, 7) is 10.8. The summed E-state index contributed by atoms with van der Waals surface area (Å²) < 4.78 is 5.39. The van der Waals surface area contributed by atoms with Gasteiger partial charge in [0.15, 0.2) is 5.96 Å². The van der Waals surface area contributed by atoms with Crippen molar-refractivity contribution in [3.63, 3.8) is 0 Å². The highest BCUT2D eigenvalue weighted by Gasteiger charge is 2.16. The number of guanidine groups is 1. The van der Waals surface area contributed by atoms with Crippen molar-refractivity contribution in [3.8, 4) is 0 Å². The number of anilines is 1. The van der Waals surface area contributed by atoms with E-state index in [-0.39, 0.29) is 24.0 Å². The van der Waals surface area contributed by atoms with Crippen LogP contribution in [0.2, 0.25) is 0 Å². The van der Waals surface area contributed by atoms with E-state index in [1.54, 1.807) is 0 Å². The molecule has 6 heteroatoms. The molecule has 1 unspecified atom stereocenters. The maximum absolute atomic E-state index is 6.13. The van der Waals surface area contributed by atoms with Gasteiger partial charge in [-0.2, -0.15) is 0 Å². The summed E-state index contributed by atoms with van der Waals surface area (Å²) in [5, 5.41) is 3.32. The topological polar surface area (TPSA) is 62.9 Å². The van der Waals surface area contributed by atoms with E-state index in [0.717, 1.165) is 44.8 Å². The van der Waals surface area contributed by atoms with Gasteiger partial charge in [0.05, 0.1) is 19.8 Å². The Morgan fingerprint density at radius 3 is 2.38 bits per heavy atom. The third-order valence-corrected chi connectivity index (χ3v) is 4.45. The zero-order valence-corrected chi connectivity index (χ0v) is 17.4. The van der Waals surface area contributed by atoms with Gasteiger partial charge in [-0.05, 0) is 30.9 Å². The summed E-state index contributed by atoms with van der Waals surface area (Å²) in [6.07, 6.45) is 1.96. The van der Waals surface area contributed by atoms with Crippen LogP contribution in [0.1, 0.15) is 31.9 Å². The SMILES string of the molecule is CCc1cccc(CC)c1NC(N)=NCC(C)N1CCOCC1.I. The third-order valence-electron chi connectivity index (χ3n) is 4.45. The predicted molar refractivity (Wildman–Crippen MR) is 113 cm³/mol. The first-order valence-corrected chi connectivity index (χ1v) is 8.65. The van der Waals surface area contributed by atoms with Crippen LogP contribution in [0.15, 0.2) is 23.2 Å². The van der Waals surface area contributed by atoms with Gasteiger partial charge in [-0.25, -0.2) is 0 Å². The Balaban J connectivity index is 0.00000288. The Morgan fingerprint density at radius 1 is 1.25 bits per heavy atom. The van der Waals surface area contributed by atoms with Gasteiger partial charge in [-0.15, -0.1) is 24.0 Å². The van der Waals surface area contributed by atoms with E-state index in [0.29, 0.717) is 18.5 Å². The first-order valence-electron chi connectivity index (χ1n) is 8.65. The second-order valence-corrected chi connectivity index (χ2v) is 6.01. The van der Waals surface area contributed by atoms with Gasteiger partial charge in [0.1, 0.15) is 0 Å². The molecule has 1 heterocycles. The number of hydrogen-bond donors (Lipinski definition) is 2. The molecule has 1 aromatic carbocycles. The molecule has 0 aromatic heterocycles. The average molecular weight is 446 g/mol. The molecule has 1 aliphatic rings. The summed E-state index contributed by atoms with van der Waals surface area (Å²) in [6, 6.07) is 6.78. The first-order chi connectivity index (χ1) is 11.2. The summed E-state index contributed by atoms with van der Waals surface area (Å²) in [7, 11) is 0. The van der Waals surface area contributed by atoms with Crippen molar-refractivity contribution in [3.05, 3.63) is 29.3 Å². The van der Waals surface area contributed by atoms with E-state index in [1.165, 1.54) is 11.1 Å². The first kappa shape index (κ1) is 21.2. The number of benzene rings is 1. The molecular weight excluding hydrogens is 415 g/mol. The molecule has 0 saturated carbocycles. The number of aliphatic imine (C=N–C) groups is 1. The molecule has 5 nitrogen and oxygen atoms in total. The Bertz CT molecular complexity index is 508. The van der Waals surface area contributed by atoms with Crippen LogP contribution in [0, 0.1) is 0 Å². The number of ether oxygens (including phenoxy) is 1. The maximum atomic E-state index is 6.13. The van der Waals surface area contributed by atoms with Crippen molar-refractivity contribution in [2.75, 3.05) is 38.2 Å². The molecule has 136 valence electrons. The van der Waals surface area contributed by atoms with E-state index in [9.17, 15) is 0 Å². The molecule has 24 heavy (non-hydrogen) atoms. The number of halogens is 1. The van der Waals surface area contributed by atoms with Crippen molar-refractivity contribution in [1.82, 2.24) is 4.90 Å². The van der Waals surface area contributed by atoms with Gasteiger partial charge in [0, 0.05) is 24.8 Å². The highest BCUT2D eigenvalue weighted by molar-refractivity contribution is 14.0. The fourth-order valence-electron chi connectivity index (χ4n) is 2.93. The number of para-hydroxylation sites is 1. The van der Waals surface area contributed by atoms with E-state index in [4.69, 9.17) is 10.5 Å². The van der Waals surface area contributed by atoms with Crippen molar-refractivity contribution in [2.45, 2.75) is 39.7 Å². The molecule has 0 bridgehead atoms. The van der Waals surface area contributed by atoms with Crippen LogP contribution < -0.4 is 11.1 Å². The quantitative estimate of drug-likeness (QED) is 0.401. The van der Waals surface area contributed by atoms with Crippen LogP contribution in [0.4, 0.5) is 5.69 Å². The standard InChI is InChI=1S/C18H30N4O.HI/c1-4-15-7-6-8-16(5-2)17(15)21-18(19)20-13-14(3)22-9-11-23-12-10-22;/h6-8,14H,4-5,9-13H2,1-3H3,(H3,19,20,21);1H. The lowest BCUT2D eigenvalue weighted by molar-refractivity contribution is 0.0221. The van der Waals surface area contributed by atoms with Crippen LogP contribution >= 0.6 is 24.0 Å². The minimum Gasteiger partial charge on any atom is -0.379 e. The van der Waals surface area contributed by atoms with E-state index >= 15 is 0 Å². The van der Waals surface area contributed by atoms with Crippen molar-refractivity contribution in [2.24, 2.45) is 10.7 Å². The molecule has 0 aliphatic carbocycles. The average Bonchev–Trinajstić information content (AvgIpc) is 2.60. The zero-order chi connectivity index (χ0) is 16.7. The molecule has 1 atom stereocenters. The summed E-state index contributed by atoms with van der Waals surface area (Å²) >= 11 is 0. The fourth-order valence-corrected chi connectivity index (χ4v) is 2.93. The highest BCUT2D eigenvalue weighted by Crippen LogP contribution is 2.22. The van der Waals surface area contributed by atoms with Crippen LogP contribution in [0.25, 0.3) is 0 Å². The molecule has 3 N–H and O–H groups in total. The van der Waals surface area contributed by atoms with E-state index in [2.05, 4.69) is 54.2 Å². The number of morpholine rings is 1. The predicted octanol–water partition coefficient (Wildman–Crippen LogP) is 2.88. The molecule has 1 fully saturated rings. The van der Waals surface area contributed by atoms with Gasteiger partial charge in [0.2, 0.25) is 0 Å². The number of aryl methyl sites for hydroxylation is 2. The van der Waals surface area contributed by atoms with Crippen molar-refractivity contribution < 1.29 is 4.74 Å². The normalized spacial score (nSPS) is 17.2. The minimum atomic E-state index is 0. The number of nitrogens with two attached hydrogens (primary N) is 1. The maximum Gasteiger partial charge on any atom is 0.193 e. The Morgan fingerprint density at radius 2 is 1.83 bits per heavy atom. The van der Waals surface area contributed by atoms with Crippen LogP contribution in [-0.4, -0.2) is 49.7 Å². The molecule has 0 spiro atoms. The zero-order valence-electron chi connectivity index (χ0n) is 15.0. The molecule has 1 aromatic rings. The largest absolute Gasteiger partial charge is 0.379 e. The molecule has 0 radical (unpaired) electrons. The van der Waals surface area contributed by atoms with Crippen LogP contribution in [0.3, 0.4) is 0 Å². The van der Waals surface area contributed by atoms with Crippen LogP contribution in [0.5, 0.6) is 0 Å². The summed E-state index contributed by atoms with van der Waals surface area (Å²) in [5.74, 6) is 0.501. The second kappa shape index (κ2) is 10.9. The molecule has 1 saturated heterocycles. The smallest absolute Gasteiger partial charge is 0.193 e. The van der Waals surface area contributed by atoms with Crippen LogP contribution in [-0.2, 0) is 17.6 Å². The second-order valence-electron chi connectivity index (χ2n) is 6.01. The highest BCUT2D eigenvalue weighted by atomic mass is 127. The molecule has 1 aliphatic heterocycles. The monoisotopic (exact) mass is 446 g/mol. The summed E-state index contributed by atoms with van der Waals surface area (Å²) in [5.41, 5.74) is 9.81. The van der Waals surface area contributed by atoms with Gasteiger partial charge in [0.25, 0.3) is 0 Å². The number of hydrogen-bond acceptors (Lipinski definition) is 3. The lowest BCUT2D eigenvalue weighted by Gasteiger charge is -2.31. The third kappa shape index (κ3) is 5.89. The summed E-state index contributed by atoms with van der Waals surface area (Å²) in [4.78, 5) is 6.95. The van der Waals surface area contributed by atoms with Crippen molar-refractivity contribution in [1.29, 1.82) is 0 Å². The Labute approximate surface area is 163 Å². The van der Waals surface area contributed by atoms with Gasteiger partial charge in [-0.3, -0.25) is 9.89 Å². The Hall–Kier alpha value is -0.860. The lowest BCUT2D eigenvalue weighted by Crippen LogP contribution is -2.43. The molecular formula is C18H31IN4O. The fraction of sp³-hybridized carbons (Fsp3) is 0.611. The lowest BCUT2D eigenvalue weighted by atomic mass is 10.0. The van der Waals surface area contributed by atoms with E-state index in [1.807, 2.05) is 0 Å². The Kier molecular flexibility index (Phi) is 9.61. The van der Waals surface area contributed by atoms with Crippen molar-refractivity contribution >= 4 is 35.6 Å². The minimum absolute atomic E-state index is 0. The van der Waals surface area contributed by atoms with E-state index < -0.39 is 0 Å². The number of nitrogens with zero attached hydrogens (tertiary/aromatic N) is 2. The number of rotatable bonds is 6. The molecule has 2 rings (SSSR count). The molecule has 0 amide bonds. The van der Waals surface area contributed by atoms with Gasteiger partial charge < -0.3 is 15.8 Å². The number of nitrogens with one attached hydrogen (secondary N) is 1. The van der Waals surface area contributed by atoms with Gasteiger partial charge in [-0.1, -0.05) is 32.0 Å².